The average Bonchev–Trinajstić information content (AvgIpc) is 3.51. The van der Waals surface area contributed by atoms with Crippen molar-refractivity contribution < 1.29 is 9.32 Å². The van der Waals surface area contributed by atoms with Crippen molar-refractivity contribution in [1.82, 2.24) is 29.6 Å². The number of anilines is 1. The predicted octanol–water partition coefficient (Wildman–Crippen LogP) is 4.36. The Labute approximate surface area is 214 Å². The highest BCUT2D eigenvalue weighted by molar-refractivity contribution is 6.01. The van der Waals surface area contributed by atoms with Crippen LogP contribution in [0.3, 0.4) is 0 Å². The summed E-state index contributed by atoms with van der Waals surface area (Å²) in [5, 5.41) is 5.01. The van der Waals surface area contributed by atoms with Gasteiger partial charge in [0.25, 0.3) is 5.91 Å². The molecule has 9 nitrogen and oxygen atoms in total. The lowest BCUT2D eigenvalue weighted by atomic mass is 10.1. The van der Waals surface area contributed by atoms with Crippen molar-refractivity contribution in [2.45, 2.75) is 20.8 Å². The minimum atomic E-state index is 0.00540. The number of benzene rings is 2. The van der Waals surface area contributed by atoms with Crippen molar-refractivity contribution >= 4 is 22.6 Å². The van der Waals surface area contributed by atoms with Gasteiger partial charge in [0.1, 0.15) is 29.3 Å². The predicted molar refractivity (Wildman–Crippen MR) is 141 cm³/mol. The van der Waals surface area contributed by atoms with Crippen molar-refractivity contribution in [2.75, 3.05) is 31.1 Å². The maximum absolute atomic E-state index is 13.4. The average molecular weight is 494 g/mol. The number of piperazine rings is 1. The fourth-order valence-corrected chi connectivity index (χ4v) is 4.75. The van der Waals surface area contributed by atoms with E-state index in [1.54, 1.807) is 6.33 Å². The number of aryl methyl sites for hydroxylation is 2. The highest BCUT2D eigenvalue weighted by Gasteiger charge is 2.25. The Balaban J connectivity index is 1.20. The van der Waals surface area contributed by atoms with Gasteiger partial charge in [-0.25, -0.2) is 15.0 Å². The number of carbonyl (C=O) groups excluding carboxylic acids is 1. The first kappa shape index (κ1) is 22.9. The van der Waals surface area contributed by atoms with Crippen LogP contribution in [0.1, 0.15) is 27.6 Å². The van der Waals surface area contributed by atoms with Gasteiger partial charge < -0.3 is 14.3 Å². The van der Waals surface area contributed by atoms with E-state index in [4.69, 9.17) is 4.52 Å². The molecule has 0 N–H and O–H groups in total. The molecule has 1 aliphatic heterocycles. The maximum Gasteiger partial charge on any atom is 0.254 e. The quantitative estimate of drug-likeness (QED) is 0.367. The van der Waals surface area contributed by atoms with Crippen LogP contribution in [0.4, 0.5) is 5.82 Å². The third-order valence-electron chi connectivity index (χ3n) is 6.96. The Morgan fingerprint density at radius 2 is 1.65 bits per heavy atom. The second-order valence-electron chi connectivity index (χ2n) is 9.31. The minimum absolute atomic E-state index is 0.00540. The lowest BCUT2D eigenvalue weighted by molar-refractivity contribution is 0.0746. The van der Waals surface area contributed by atoms with Crippen molar-refractivity contribution in [2.24, 2.45) is 0 Å². The smallest absolute Gasteiger partial charge is 0.254 e. The van der Waals surface area contributed by atoms with Gasteiger partial charge >= 0.3 is 0 Å². The molecule has 0 spiro atoms. The minimum Gasteiger partial charge on any atom is -0.355 e. The van der Waals surface area contributed by atoms with E-state index < -0.39 is 0 Å². The molecule has 37 heavy (non-hydrogen) atoms. The first-order valence-electron chi connectivity index (χ1n) is 12.3. The molecule has 5 aromatic rings. The van der Waals surface area contributed by atoms with Crippen LogP contribution in [-0.2, 0) is 0 Å². The zero-order valence-electron chi connectivity index (χ0n) is 21.0. The van der Waals surface area contributed by atoms with E-state index in [0.717, 1.165) is 39.5 Å². The fourth-order valence-electron chi connectivity index (χ4n) is 4.75. The summed E-state index contributed by atoms with van der Waals surface area (Å²) in [6.45, 7) is 8.50. The van der Waals surface area contributed by atoms with E-state index >= 15 is 0 Å². The molecule has 3 aromatic heterocycles. The highest BCUT2D eigenvalue weighted by Crippen LogP contribution is 2.29. The lowest BCUT2D eigenvalue weighted by Gasteiger charge is -2.35. The van der Waals surface area contributed by atoms with Gasteiger partial charge in [0.2, 0.25) is 0 Å². The van der Waals surface area contributed by atoms with Gasteiger partial charge in [-0.2, -0.15) is 0 Å². The number of fused-ring (bicyclic) bond motifs is 1. The summed E-state index contributed by atoms with van der Waals surface area (Å²) in [5.74, 6) is 3.04. The number of rotatable bonds is 4. The Morgan fingerprint density at radius 1 is 0.892 bits per heavy atom. The Kier molecular flexibility index (Phi) is 5.67. The van der Waals surface area contributed by atoms with Crippen molar-refractivity contribution in [3.05, 3.63) is 83.7 Å². The van der Waals surface area contributed by atoms with E-state index in [-0.39, 0.29) is 5.91 Å². The first-order valence-corrected chi connectivity index (χ1v) is 12.3. The van der Waals surface area contributed by atoms with Gasteiger partial charge in [-0.3, -0.25) is 9.36 Å². The van der Waals surface area contributed by atoms with Gasteiger partial charge in [-0.1, -0.05) is 35.5 Å². The van der Waals surface area contributed by atoms with Crippen LogP contribution in [0.2, 0.25) is 0 Å². The number of nitrogens with zero attached hydrogens (tertiary/aromatic N) is 7. The van der Waals surface area contributed by atoms with Gasteiger partial charge in [-0.05, 0) is 39.0 Å². The van der Waals surface area contributed by atoms with Gasteiger partial charge in [0.15, 0.2) is 5.76 Å². The normalized spacial score (nSPS) is 13.9. The summed E-state index contributed by atoms with van der Waals surface area (Å²) in [6, 6.07) is 17.4. The van der Waals surface area contributed by atoms with E-state index in [1.165, 1.54) is 0 Å². The Morgan fingerprint density at radius 3 is 2.38 bits per heavy atom. The van der Waals surface area contributed by atoms with E-state index in [9.17, 15) is 4.79 Å². The summed E-state index contributed by atoms with van der Waals surface area (Å²) in [7, 11) is 0. The molecule has 0 unspecified atom stereocenters. The molecule has 0 bridgehead atoms. The molecule has 1 fully saturated rings. The molecule has 0 atom stereocenters. The largest absolute Gasteiger partial charge is 0.355 e. The Hall–Kier alpha value is -4.53. The summed E-state index contributed by atoms with van der Waals surface area (Å²) in [6.07, 6.45) is 1.79. The molecule has 4 heterocycles. The molecule has 6 rings (SSSR count). The second-order valence-corrected chi connectivity index (χ2v) is 9.31. The van der Waals surface area contributed by atoms with Crippen LogP contribution in [0.25, 0.3) is 28.0 Å². The van der Waals surface area contributed by atoms with Crippen LogP contribution < -0.4 is 4.90 Å². The van der Waals surface area contributed by atoms with E-state index in [0.29, 0.717) is 43.3 Å². The van der Waals surface area contributed by atoms with Crippen molar-refractivity contribution in [1.29, 1.82) is 0 Å². The summed E-state index contributed by atoms with van der Waals surface area (Å²) in [5.41, 5.74) is 4.33. The molecular weight excluding hydrogens is 466 g/mol. The first-order chi connectivity index (χ1) is 18.0. The van der Waals surface area contributed by atoms with Crippen molar-refractivity contribution in [3.8, 4) is 17.1 Å². The van der Waals surface area contributed by atoms with Gasteiger partial charge in [0.05, 0.1) is 11.1 Å². The molecular formula is C28H27N7O2. The molecule has 0 saturated carbocycles. The number of hydrogen-bond acceptors (Lipinski definition) is 7. The van der Waals surface area contributed by atoms with Crippen LogP contribution in [-0.4, -0.2) is 61.7 Å². The molecule has 0 aliphatic carbocycles. The van der Waals surface area contributed by atoms with E-state index in [1.807, 2.05) is 84.8 Å². The van der Waals surface area contributed by atoms with Crippen LogP contribution in [0, 0.1) is 20.8 Å². The van der Waals surface area contributed by atoms with Crippen LogP contribution >= 0.6 is 0 Å². The molecule has 186 valence electrons. The van der Waals surface area contributed by atoms with Crippen LogP contribution in [0.5, 0.6) is 0 Å². The number of aromatic nitrogens is 5. The van der Waals surface area contributed by atoms with E-state index in [2.05, 4.69) is 25.0 Å². The standard InChI is InChI=1S/C28H27N7O2/c1-18-19(2)35(17-29-18)26-16-25(30-20(3)31-26)33-11-13-34(14-12-33)28(36)22-9-10-24-23(15-22)27(37-32-24)21-7-5-4-6-8-21/h4-10,15-17H,11-14H2,1-3H3. The third kappa shape index (κ3) is 4.22. The molecule has 9 heteroatoms. The SMILES string of the molecule is Cc1nc(N2CCN(C(=O)c3ccc4noc(-c5ccccc5)c4c3)CC2)cc(-n2cnc(C)c2C)n1. The van der Waals surface area contributed by atoms with Gasteiger partial charge in [0, 0.05) is 49.1 Å². The molecule has 1 aliphatic rings. The summed E-state index contributed by atoms with van der Waals surface area (Å²) >= 11 is 0. The number of imidazole rings is 1. The zero-order valence-corrected chi connectivity index (χ0v) is 21.0. The maximum atomic E-state index is 13.4. The topological polar surface area (TPSA) is 93.2 Å². The number of amides is 1. The zero-order chi connectivity index (χ0) is 25.5. The number of carbonyl (C=O) groups is 1. The monoisotopic (exact) mass is 493 g/mol. The molecule has 0 radical (unpaired) electrons. The summed E-state index contributed by atoms with van der Waals surface area (Å²) in [4.78, 5) is 31.2. The second kappa shape index (κ2) is 9.16. The molecule has 1 amide bonds. The summed E-state index contributed by atoms with van der Waals surface area (Å²) < 4.78 is 7.59. The van der Waals surface area contributed by atoms with Crippen LogP contribution in [0.15, 0.2) is 65.4 Å². The van der Waals surface area contributed by atoms with Gasteiger partial charge in [-0.15, -0.1) is 0 Å². The van der Waals surface area contributed by atoms with Crippen molar-refractivity contribution in [3.63, 3.8) is 0 Å². The molecule has 2 aromatic carbocycles. The lowest BCUT2D eigenvalue weighted by Crippen LogP contribution is -2.49. The fraction of sp³-hybridized carbons (Fsp3) is 0.250. The Bertz CT molecular complexity index is 1600. The highest BCUT2D eigenvalue weighted by atomic mass is 16.5. The molecule has 1 saturated heterocycles. The third-order valence-corrected chi connectivity index (χ3v) is 6.96. The number of hydrogen-bond donors (Lipinski definition) is 0.